The summed E-state index contributed by atoms with van der Waals surface area (Å²) in [6.45, 7) is 1.81. The van der Waals surface area contributed by atoms with E-state index >= 15 is 0 Å². The van der Waals surface area contributed by atoms with Crippen LogP contribution in [0.3, 0.4) is 0 Å². The van der Waals surface area contributed by atoms with Gasteiger partial charge >= 0.3 is 0 Å². The Labute approximate surface area is 175 Å². The zero-order valence-electron chi connectivity index (χ0n) is 17.0. The van der Waals surface area contributed by atoms with Crippen LogP contribution in [0, 0.1) is 5.82 Å². The van der Waals surface area contributed by atoms with Crippen molar-refractivity contribution in [3.05, 3.63) is 71.2 Å². The van der Waals surface area contributed by atoms with Gasteiger partial charge in [0.15, 0.2) is 17.3 Å². The highest BCUT2D eigenvalue weighted by molar-refractivity contribution is 5.78. The fourth-order valence-corrected chi connectivity index (χ4v) is 3.64. The normalized spacial score (nSPS) is 12.5. The summed E-state index contributed by atoms with van der Waals surface area (Å²) in [6, 6.07) is 4.28. The molecule has 9 nitrogen and oxygen atoms in total. The molecule has 0 saturated carbocycles. The van der Waals surface area contributed by atoms with E-state index in [1.807, 2.05) is 6.92 Å². The summed E-state index contributed by atoms with van der Waals surface area (Å²) in [7, 11) is 3.31. The summed E-state index contributed by atoms with van der Waals surface area (Å²) in [5.41, 5.74) is 1.79. The van der Waals surface area contributed by atoms with E-state index in [2.05, 4.69) is 20.3 Å². The summed E-state index contributed by atoms with van der Waals surface area (Å²) in [5.74, 6) is 0.412. The van der Waals surface area contributed by atoms with Gasteiger partial charge in [0.05, 0.1) is 36.4 Å². The van der Waals surface area contributed by atoms with E-state index in [-0.39, 0.29) is 11.2 Å². The fraction of sp³-hybridized carbons (Fsp3) is 0.190. The molecule has 0 aromatic carbocycles. The van der Waals surface area contributed by atoms with Gasteiger partial charge in [-0.1, -0.05) is 0 Å². The van der Waals surface area contributed by atoms with E-state index in [9.17, 15) is 9.18 Å². The molecule has 31 heavy (non-hydrogen) atoms. The smallest absolute Gasteiger partial charge is 0.260 e. The van der Waals surface area contributed by atoms with E-state index in [0.29, 0.717) is 28.0 Å². The first-order chi connectivity index (χ1) is 15.0. The van der Waals surface area contributed by atoms with E-state index in [0.717, 1.165) is 5.56 Å². The molecule has 156 valence electrons. The Morgan fingerprint density at radius 2 is 1.97 bits per heavy atom. The predicted molar refractivity (Wildman–Crippen MR) is 112 cm³/mol. The van der Waals surface area contributed by atoms with Gasteiger partial charge in [-0.05, 0) is 25.1 Å². The van der Waals surface area contributed by atoms with Crippen molar-refractivity contribution in [3.63, 3.8) is 0 Å². The van der Waals surface area contributed by atoms with Crippen LogP contribution < -0.4 is 10.3 Å². The molecule has 0 N–H and O–H groups in total. The second kappa shape index (κ2) is 7.01. The molecule has 0 bridgehead atoms. The largest absolute Gasteiger partial charge is 0.495 e. The lowest BCUT2D eigenvalue weighted by atomic mass is 10.1. The molecule has 0 aliphatic heterocycles. The summed E-state index contributed by atoms with van der Waals surface area (Å²) in [6.07, 6.45) is 8.41. The average Bonchev–Trinajstić information content (AvgIpc) is 3.40. The van der Waals surface area contributed by atoms with Crippen LogP contribution >= 0.6 is 0 Å². The number of fused-ring (bicyclic) bond motifs is 2. The van der Waals surface area contributed by atoms with Crippen molar-refractivity contribution < 1.29 is 9.13 Å². The van der Waals surface area contributed by atoms with Gasteiger partial charge in [-0.2, -0.15) is 5.10 Å². The van der Waals surface area contributed by atoms with Crippen LogP contribution in [0.2, 0.25) is 0 Å². The lowest BCUT2D eigenvalue weighted by Gasteiger charge is -2.15. The van der Waals surface area contributed by atoms with Gasteiger partial charge in [-0.3, -0.25) is 18.9 Å². The second-order valence-corrected chi connectivity index (χ2v) is 7.24. The maximum absolute atomic E-state index is 14.7. The topological polar surface area (TPSA) is 92.1 Å². The number of pyridine rings is 3. The monoisotopic (exact) mass is 419 g/mol. The molecular weight excluding hydrogens is 401 g/mol. The van der Waals surface area contributed by atoms with Gasteiger partial charge < -0.3 is 9.30 Å². The summed E-state index contributed by atoms with van der Waals surface area (Å²) in [4.78, 5) is 17.4. The number of hydrogen-bond acceptors (Lipinski definition) is 6. The summed E-state index contributed by atoms with van der Waals surface area (Å²) < 4.78 is 24.7. The molecular formula is C21H18FN7O2. The van der Waals surface area contributed by atoms with E-state index < -0.39 is 11.9 Å². The van der Waals surface area contributed by atoms with E-state index in [4.69, 9.17) is 4.74 Å². The predicted octanol–water partition coefficient (Wildman–Crippen LogP) is 2.60. The molecule has 5 rings (SSSR count). The van der Waals surface area contributed by atoms with Gasteiger partial charge in [0.2, 0.25) is 0 Å². The SMILES string of the molecule is COc1cnc2ccn([C@@H](C)c3nnc4c(F)cc(-c5cnn(C)c5)cn34)c(=O)c2c1. The Hall–Kier alpha value is -4.08. The number of rotatable bonds is 4. The molecule has 5 aromatic rings. The van der Waals surface area contributed by atoms with Gasteiger partial charge in [0, 0.05) is 36.8 Å². The molecule has 0 radical (unpaired) electrons. The van der Waals surface area contributed by atoms with Crippen molar-refractivity contribution in [2.24, 2.45) is 7.05 Å². The molecule has 0 unspecified atom stereocenters. The molecule has 0 amide bonds. The van der Waals surface area contributed by atoms with Gasteiger partial charge in [0.25, 0.3) is 5.56 Å². The highest BCUT2D eigenvalue weighted by atomic mass is 19.1. The fourth-order valence-electron chi connectivity index (χ4n) is 3.64. The number of halogens is 1. The highest BCUT2D eigenvalue weighted by Crippen LogP contribution is 2.25. The van der Waals surface area contributed by atoms with Crippen LogP contribution in [0.25, 0.3) is 27.7 Å². The Balaban J connectivity index is 1.66. The molecule has 0 fully saturated rings. The van der Waals surface area contributed by atoms with Crippen LogP contribution in [0.4, 0.5) is 4.39 Å². The number of aromatic nitrogens is 7. The van der Waals surface area contributed by atoms with Crippen molar-refractivity contribution in [1.82, 2.24) is 33.9 Å². The molecule has 0 aliphatic rings. The van der Waals surface area contributed by atoms with Crippen molar-refractivity contribution in [2.45, 2.75) is 13.0 Å². The number of ether oxygens (including phenoxy) is 1. The lowest BCUT2D eigenvalue weighted by molar-refractivity contribution is 0.413. The quantitative estimate of drug-likeness (QED) is 0.445. The van der Waals surface area contributed by atoms with E-state index in [1.54, 1.807) is 59.2 Å². The van der Waals surface area contributed by atoms with Gasteiger partial charge in [0.1, 0.15) is 5.75 Å². The second-order valence-electron chi connectivity index (χ2n) is 7.24. The molecule has 0 aliphatic carbocycles. The average molecular weight is 419 g/mol. The molecule has 5 heterocycles. The third-order valence-corrected chi connectivity index (χ3v) is 5.30. The number of aryl methyl sites for hydroxylation is 1. The molecule has 5 aromatic heterocycles. The molecule has 0 spiro atoms. The minimum absolute atomic E-state index is 0.0895. The molecule has 0 saturated heterocycles. The first-order valence-electron chi connectivity index (χ1n) is 9.54. The zero-order chi connectivity index (χ0) is 21.7. The van der Waals surface area contributed by atoms with Crippen LogP contribution in [0.1, 0.15) is 18.8 Å². The Morgan fingerprint density at radius 3 is 2.71 bits per heavy atom. The maximum atomic E-state index is 14.7. The van der Waals surface area contributed by atoms with Crippen LogP contribution in [0.5, 0.6) is 5.75 Å². The Bertz CT molecular complexity index is 1500. The van der Waals surface area contributed by atoms with Crippen molar-refractivity contribution in [3.8, 4) is 16.9 Å². The number of methoxy groups -OCH3 is 1. The first kappa shape index (κ1) is 18.9. The highest BCUT2D eigenvalue weighted by Gasteiger charge is 2.20. The molecule has 1 atom stereocenters. The van der Waals surface area contributed by atoms with E-state index in [1.165, 1.54) is 17.7 Å². The van der Waals surface area contributed by atoms with Crippen LogP contribution in [0.15, 0.2) is 54.0 Å². The Kier molecular flexibility index (Phi) is 4.28. The third-order valence-electron chi connectivity index (χ3n) is 5.30. The minimum atomic E-state index is -0.512. The third kappa shape index (κ3) is 3.03. The Morgan fingerprint density at radius 1 is 1.13 bits per heavy atom. The maximum Gasteiger partial charge on any atom is 0.260 e. The summed E-state index contributed by atoms with van der Waals surface area (Å²) in [5, 5.41) is 12.7. The van der Waals surface area contributed by atoms with Crippen molar-refractivity contribution in [1.29, 1.82) is 0 Å². The zero-order valence-corrected chi connectivity index (χ0v) is 17.0. The number of hydrogen-bond donors (Lipinski definition) is 0. The number of nitrogens with zero attached hydrogens (tertiary/aromatic N) is 7. The van der Waals surface area contributed by atoms with Crippen LogP contribution in [-0.2, 0) is 7.05 Å². The van der Waals surface area contributed by atoms with Crippen molar-refractivity contribution >= 4 is 16.6 Å². The first-order valence-corrected chi connectivity index (χ1v) is 9.54. The minimum Gasteiger partial charge on any atom is -0.495 e. The van der Waals surface area contributed by atoms with Gasteiger partial charge in [-0.25, -0.2) is 4.39 Å². The standard InChI is InChI=1S/C21H18FN7O2/c1-12(28-5-4-18-16(21(28)30)7-15(31-3)9-23-18)19-25-26-20-17(22)6-13(11-29(19)20)14-8-24-27(2)10-14/h4-12H,1-3H3/t12-/m0/s1. The van der Waals surface area contributed by atoms with Crippen LogP contribution in [-0.4, -0.2) is 41.0 Å². The molecule has 10 heteroatoms. The summed E-state index contributed by atoms with van der Waals surface area (Å²) >= 11 is 0. The van der Waals surface area contributed by atoms with Gasteiger partial charge in [-0.15, -0.1) is 10.2 Å². The van der Waals surface area contributed by atoms with Crippen molar-refractivity contribution in [2.75, 3.05) is 7.11 Å². The lowest BCUT2D eigenvalue weighted by Crippen LogP contribution is -2.25.